The first-order valence-electron chi connectivity index (χ1n) is 7.39. The second kappa shape index (κ2) is 17.4. The summed E-state index contributed by atoms with van der Waals surface area (Å²) in [5.74, 6) is 0. The summed E-state index contributed by atoms with van der Waals surface area (Å²) >= 11 is 0. The number of hydrogen-bond donors (Lipinski definition) is 1. The molecule has 0 saturated heterocycles. The van der Waals surface area contributed by atoms with E-state index in [1.807, 2.05) is 0 Å². The van der Waals surface area contributed by atoms with Crippen LogP contribution in [-0.4, -0.2) is 93.1 Å². The van der Waals surface area contributed by atoms with Crippen LogP contribution in [0.5, 0.6) is 0 Å². The lowest BCUT2D eigenvalue weighted by atomic mass is 10.4. The summed E-state index contributed by atoms with van der Waals surface area (Å²) in [6, 6.07) is 0. The van der Waals surface area contributed by atoms with E-state index < -0.39 is 6.09 Å². The molecule has 0 aliphatic heterocycles. The molecule has 0 aliphatic carbocycles. The van der Waals surface area contributed by atoms with Gasteiger partial charge in [0.15, 0.2) is 0 Å². The Bertz CT molecular complexity index is 267. The van der Waals surface area contributed by atoms with Crippen molar-refractivity contribution in [2.75, 3.05) is 80.9 Å². The molecule has 1 N–H and O–H groups in total. The number of hydrogen-bond acceptors (Lipinski definition) is 8. The molecule has 1 unspecified atom stereocenters. The zero-order valence-electron chi connectivity index (χ0n) is 14.2. The highest BCUT2D eigenvalue weighted by molar-refractivity contribution is 5.66. The molecule has 1 amide bonds. The molecule has 0 heterocycles. The molecule has 0 fully saturated rings. The Balaban J connectivity index is 3.83. The van der Waals surface area contributed by atoms with E-state index in [0.29, 0.717) is 46.2 Å². The van der Waals surface area contributed by atoms with Gasteiger partial charge in [-0.1, -0.05) is 0 Å². The minimum atomic E-state index is -0.584. The molecule has 23 heavy (non-hydrogen) atoms. The van der Waals surface area contributed by atoms with E-state index in [1.54, 1.807) is 21.3 Å². The Hall–Kier alpha value is -0.970. The van der Waals surface area contributed by atoms with Crippen LogP contribution >= 0.6 is 0 Å². The number of carbonyl (C=O) groups is 1. The van der Waals surface area contributed by atoms with Crippen molar-refractivity contribution in [3.05, 3.63) is 0 Å². The standard InChI is InChI=1S/C14H29NO8/c1-17-4-7-20-10-13(22-9-6-19-3)11-23-14(16)15-12-21-8-5-18-2/h13H,4-12H2,1-3H3,(H,15,16). The number of ether oxygens (including phenoxy) is 7. The molecule has 1 atom stereocenters. The summed E-state index contributed by atoms with van der Waals surface area (Å²) in [7, 11) is 4.75. The van der Waals surface area contributed by atoms with Crippen LogP contribution in [0.25, 0.3) is 0 Å². The van der Waals surface area contributed by atoms with Crippen molar-refractivity contribution in [2.24, 2.45) is 0 Å². The van der Waals surface area contributed by atoms with E-state index in [1.165, 1.54) is 0 Å². The van der Waals surface area contributed by atoms with Crippen LogP contribution in [-0.2, 0) is 33.2 Å². The topological polar surface area (TPSA) is 93.7 Å². The molecular weight excluding hydrogens is 310 g/mol. The van der Waals surface area contributed by atoms with Crippen molar-refractivity contribution >= 4 is 6.09 Å². The lowest BCUT2D eigenvalue weighted by molar-refractivity contribution is -0.0631. The predicted octanol–water partition coefficient (Wildman–Crippen LogP) is 0.0277. The molecule has 9 nitrogen and oxygen atoms in total. The van der Waals surface area contributed by atoms with E-state index in [9.17, 15) is 4.79 Å². The van der Waals surface area contributed by atoms with Gasteiger partial charge in [0.05, 0.1) is 46.2 Å². The fourth-order valence-corrected chi connectivity index (χ4v) is 1.34. The van der Waals surface area contributed by atoms with Gasteiger partial charge in [-0.05, 0) is 0 Å². The van der Waals surface area contributed by atoms with E-state index in [2.05, 4.69) is 5.32 Å². The van der Waals surface area contributed by atoms with Crippen LogP contribution in [0.3, 0.4) is 0 Å². The minimum absolute atomic E-state index is 0.0573. The molecule has 0 radical (unpaired) electrons. The van der Waals surface area contributed by atoms with E-state index >= 15 is 0 Å². The first kappa shape index (κ1) is 22.0. The summed E-state index contributed by atoms with van der Waals surface area (Å²) in [5, 5.41) is 2.46. The summed E-state index contributed by atoms with van der Waals surface area (Å²) in [6.45, 7) is 3.06. The lowest BCUT2D eigenvalue weighted by Crippen LogP contribution is -2.33. The monoisotopic (exact) mass is 339 g/mol. The van der Waals surface area contributed by atoms with Crippen molar-refractivity contribution in [3.63, 3.8) is 0 Å². The first-order valence-corrected chi connectivity index (χ1v) is 7.39. The van der Waals surface area contributed by atoms with Crippen LogP contribution in [0.2, 0.25) is 0 Å². The fourth-order valence-electron chi connectivity index (χ4n) is 1.34. The van der Waals surface area contributed by atoms with Crippen LogP contribution in [0.15, 0.2) is 0 Å². The van der Waals surface area contributed by atoms with Crippen LogP contribution in [0, 0.1) is 0 Å². The van der Waals surface area contributed by atoms with Gasteiger partial charge in [-0.25, -0.2) is 4.79 Å². The van der Waals surface area contributed by atoms with Crippen molar-refractivity contribution in [1.82, 2.24) is 5.32 Å². The second-order valence-corrected chi connectivity index (χ2v) is 4.37. The summed E-state index contributed by atoms with van der Waals surface area (Å²) in [4.78, 5) is 11.5. The quantitative estimate of drug-likeness (QED) is 0.311. The average molecular weight is 339 g/mol. The molecule has 0 bridgehead atoms. The maximum Gasteiger partial charge on any atom is 0.409 e. The van der Waals surface area contributed by atoms with Gasteiger partial charge in [0.2, 0.25) is 0 Å². The Morgan fingerprint density at radius 3 is 2.09 bits per heavy atom. The van der Waals surface area contributed by atoms with E-state index in [-0.39, 0.29) is 19.4 Å². The Morgan fingerprint density at radius 2 is 1.43 bits per heavy atom. The van der Waals surface area contributed by atoms with Gasteiger partial charge in [0, 0.05) is 21.3 Å². The minimum Gasteiger partial charge on any atom is -0.447 e. The summed E-state index contributed by atoms with van der Waals surface area (Å²) in [6.07, 6.45) is -0.957. The number of alkyl carbamates (subject to hydrolysis) is 1. The maximum absolute atomic E-state index is 11.5. The van der Waals surface area contributed by atoms with Gasteiger partial charge in [-0.15, -0.1) is 0 Å². The third-order valence-electron chi connectivity index (χ3n) is 2.53. The van der Waals surface area contributed by atoms with Gasteiger partial charge >= 0.3 is 6.09 Å². The van der Waals surface area contributed by atoms with Crippen molar-refractivity contribution in [2.45, 2.75) is 6.10 Å². The normalized spacial score (nSPS) is 12.1. The smallest absolute Gasteiger partial charge is 0.409 e. The molecule has 138 valence electrons. The van der Waals surface area contributed by atoms with Crippen molar-refractivity contribution in [1.29, 1.82) is 0 Å². The highest BCUT2D eigenvalue weighted by Crippen LogP contribution is 1.97. The largest absolute Gasteiger partial charge is 0.447 e. The Morgan fingerprint density at radius 1 is 0.826 bits per heavy atom. The molecular formula is C14H29NO8. The molecule has 0 rings (SSSR count). The second-order valence-electron chi connectivity index (χ2n) is 4.37. The number of nitrogens with one attached hydrogen (secondary N) is 1. The molecule has 0 aromatic heterocycles. The van der Waals surface area contributed by atoms with Gasteiger partial charge in [-0.2, -0.15) is 0 Å². The average Bonchev–Trinajstić information content (AvgIpc) is 2.55. The van der Waals surface area contributed by atoms with Gasteiger partial charge in [-0.3, -0.25) is 5.32 Å². The van der Waals surface area contributed by atoms with E-state index in [0.717, 1.165) is 0 Å². The Kier molecular flexibility index (Phi) is 16.7. The molecule has 0 aliphatic rings. The van der Waals surface area contributed by atoms with Crippen molar-refractivity contribution < 1.29 is 38.0 Å². The zero-order chi connectivity index (χ0) is 17.2. The number of rotatable bonds is 16. The summed E-state index contributed by atoms with van der Waals surface area (Å²) < 4.78 is 35.7. The molecule has 0 aromatic rings. The van der Waals surface area contributed by atoms with Gasteiger partial charge < -0.3 is 33.2 Å². The molecule has 0 aromatic carbocycles. The summed E-state index contributed by atoms with van der Waals surface area (Å²) in [5.41, 5.74) is 0. The number of carbonyl (C=O) groups excluding carboxylic acids is 1. The molecule has 0 saturated carbocycles. The van der Waals surface area contributed by atoms with Crippen LogP contribution < -0.4 is 5.32 Å². The number of methoxy groups -OCH3 is 3. The molecule has 9 heteroatoms. The zero-order valence-corrected chi connectivity index (χ0v) is 14.2. The van der Waals surface area contributed by atoms with E-state index in [4.69, 9.17) is 33.2 Å². The highest BCUT2D eigenvalue weighted by atomic mass is 16.6. The highest BCUT2D eigenvalue weighted by Gasteiger charge is 2.13. The predicted molar refractivity (Wildman–Crippen MR) is 81.5 cm³/mol. The third-order valence-corrected chi connectivity index (χ3v) is 2.53. The van der Waals surface area contributed by atoms with Crippen LogP contribution in [0.1, 0.15) is 0 Å². The third kappa shape index (κ3) is 15.7. The Labute approximate surface area is 137 Å². The SMILES string of the molecule is COCCOCNC(=O)OCC(COCCOC)OCCOC. The van der Waals surface area contributed by atoms with Gasteiger partial charge in [0.25, 0.3) is 0 Å². The maximum atomic E-state index is 11.5. The molecule has 0 spiro atoms. The first-order chi connectivity index (χ1) is 11.2. The lowest BCUT2D eigenvalue weighted by Gasteiger charge is -2.18. The van der Waals surface area contributed by atoms with Crippen molar-refractivity contribution in [3.8, 4) is 0 Å². The van der Waals surface area contributed by atoms with Crippen LogP contribution in [0.4, 0.5) is 4.79 Å². The van der Waals surface area contributed by atoms with Gasteiger partial charge in [0.1, 0.15) is 19.4 Å². The fraction of sp³-hybridized carbons (Fsp3) is 0.929. The number of amides is 1.